The molecular weight excluding hydrogens is 326 g/mol. The van der Waals surface area contributed by atoms with Gasteiger partial charge in [-0.05, 0) is 30.5 Å². The molecule has 2 atom stereocenters. The van der Waals surface area contributed by atoms with Crippen molar-refractivity contribution in [1.82, 2.24) is 5.32 Å². The lowest BCUT2D eigenvalue weighted by molar-refractivity contribution is 0.0989. The maximum atomic E-state index is 10.1. The molecule has 0 amide bonds. The molecule has 2 N–H and O–H groups in total. The van der Waals surface area contributed by atoms with Gasteiger partial charge in [-0.25, -0.2) is 0 Å². The summed E-state index contributed by atoms with van der Waals surface area (Å²) in [5.74, 6) is 0.361. The summed E-state index contributed by atoms with van der Waals surface area (Å²) in [7, 11) is 0. The van der Waals surface area contributed by atoms with Crippen molar-refractivity contribution in [3.63, 3.8) is 0 Å². The van der Waals surface area contributed by atoms with Gasteiger partial charge in [0.15, 0.2) is 0 Å². The molecule has 1 rings (SSSR count). The van der Waals surface area contributed by atoms with E-state index < -0.39 is 0 Å². The molecule has 0 saturated heterocycles. The molecular formula is C15H23BrClNO. The van der Waals surface area contributed by atoms with Crippen molar-refractivity contribution < 1.29 is 5.11 Å². The summed E-state index contributed by atoms with van der Waals surface area (Å²) < 4.78 is 0.977. The first-order valence-corrected chi connectivity index (χ1v) is 8.03. The Morgan fingerprint density at radius 1 is 1.32 bits per heavy atom. The number of aliphatic hydroxyl groups is 1. The molecule has 2 unspecified atom stereocenters. The number of rotatable bonds is 7. The number of aliphatic hydroxyl groups excluding tert-OH is 1. The van der Waals surface area contributed by atoms with Gasteiger partial charge in [0.2, 0.25) is 0 Å². The SMILES string of the molecule is CCC(CC)C(O)CNC(C)c1ccc(Br)cc1Cl. The molecule has 0 aliphatic heterocycles. The van der Waals surface area contributed by atoms with Crippen LogP contribution in [0.1, 0.15) is 45.2 Å². The summed E-state index contributed by atoms with van der Waals surface area (Å²) in [6.45, 7) is 6.90. The number of halogens is 2. The fraction of sp³-hybridized carbons (Fsp3) is 0.600. The first kappa shape index (κ1) is 17.0. The molecule has 0 aliphatic carbocycles. The van der Waals surface area contributed by atoms with Gasteiger partial charge in [-0.15, -0.1) is 0 Å². The summed E-state index contributed by atoms with van der Waals surface area (Å²) in [5, 5.41) is 14.2. The van der Waals surface area contributed by atoms with E-state index in [4.69, 9.17) is 11.6 Å². The fourth-order valence-corrected chi connectivity index (χ4v) is 3.10. The van der Waals surface area contributed by atoms with Crippen LogP contribution in [0.25, 0.3) is 0 Å². The Morgan fingerprint density at radius 3 is 2.47 bits per heavy atom. The van der Waals surface area contributed by atoms with E-state index in [1.165, 1.54) is 0 Å². The Morgan fingerprint density at radius 2 is 1.95 bits per heavy atom. The minimum atomic E-state index is -0.299. The van der Waals surface area contributed by atoms with Gasteiger partial charge < -0.3 is 10.4 Å². The van der Waals surface area contributed by atoms with Crippen LogP contribution in [-0.4, -0.2) is 17.8 Å². The molecule has 2 nitrogen and oxygen atoms in total. The summed E-state index contributed by atoms with van der Waals surface area (Å²) in [4.78, 5) is 0. The average Bonchev–Trinajstić information content (AvgIpc) is 2.37. The van der Waals surface area contributed by atoms with Gasteiger partial charge in [-0.1, -0.05) is 60.3 Å². The third-order valence-corrected chi connectivity index (χ3v) is 4.48. The summed E-state index contributed by atoms with van der Waals surface area (Å²) in [5.41, 5.74) is 1.06. The van der Waals surface area contributed by atoms with Crippen molar-refractivity contribution >= 4 is 27.5 Å². The molecule has 0 spiro atoms. The maximum absolute atomic E-state index is 10.1. The van der Waals surface area contributed by atoms with Crippen molar-refractivity contribution in [1.29, 1.82) is 0 Å². The van der Waals surface area contributed by atoms with Crippen LogP contribution in [0.15, 0.2) is 22.7 Å². The fourth-order valence-electron chi connectivity index (χ4n) is 2.26. The first-order chi connectivity index (χ1) is 8.99. The molecule has 4 heteroatoms. The second kappa shape index (κ2) is 8.25. The van der Waals surface area contributed by atoms with E-state index in [2.05, 4.69) is 42.0 Å². The van der Waals surface area contributed by atoms with Crippen molar-refractivity contribution in [2.45, 2.75) is 45.8 Å². The molecule has 0 aromatic heterocycles. The Kier molecular flexibility index (Phi) is 7.37. The van der Waals surface area contributed by atoms with Crippen LogP contribution in [-0.2, 0) is 0 Å². The lowest BCUT2D eigenvalue weighted by Gasteiger charge is -2.23. The van der Waals surface area contributed by atoms with Gasteiger partial charge in [0, 0.05) is 22.1 Å². The summed E-state index contributed by atoms with van der Waals surface area (Å²) >= 11 is 9.62. The van der Waals surface area contributed by atoms with Gasteiger partial charge in [-0.3, -0.25) is 0 Å². The zero-order valence-electron chi connectivity index (χ0n) is 11.8. The number of hydrogen-bond acceptors (Lipinski definition) is 2. The van der Waals surface area contributed by atoms with Crippen molar-refractivity contribution in [2.75, 3.05) is 6.54 Å². The quantitative estimate of drug-likeness (QED) is 0.757. The third-order valence-electron chi connectivity index (χ3n) is 3.66. The highest BCUT2D eigenvalue weighted by molar-refractivity contribution is 9.10. The standard InChI is InChI=1S/C15H23BrClNO/c1-4-11(5-2)15(19)9-18-10(3)13-7-6-12(16)8-14(13)17/h6-8,10-11,15,18-19H,4-5,9H2,1-3H3. The minimum Gasteiger partial charge on any atom is -0.392 e. The van der Waals surface area contributed by atoms with Gasteiger partial charge in [-0.2, -0.15) is 0 Å². The summed E-state index contributed by atoms with van der Waals surface area (Å²) in [6, 6.07) is 6.01. The molecule has 19 heavy (non-hydrogen) atoms. The van der Waals surface area contributed by atoms with Crippen molar-refractivity contribution in [3.05, 3.63) is 33.3 Å². The number of nitrogens with one attached hydrogen (secondary N) is 1. The first-order valence-electron chi connectivity index (χ1n) is 6.85. The Balaban J connectivity index is 2.57. The molecule has 108 valence electrons. The Hall–Kier alpha value is -0.0900. The smallest absolute Gasteiger partial charge is 0.0692 e. The Labute approximate surface area is 129 Å². The lowest BCUT2D eigenvalue weighted by Crippen LogP contribution is -2.34. The molecule has 0 heterocycles. The predicted molar refractivity (Wildman–Crippen MR) is 85.6 cm³/mol. The van der Waals surface area contributed by atoms with E-state index in [0.29, 0.717) is 12.5 Å². The van der Waals surface area contributed by atoms with Crippen LogP contribution in [0.4, 0.5) is 0 Å². The molecule has 1 aromatic rings. The van der Waals surface area contributed by atoms with Crippen molar-refractivity contribution in [2.24, 2.45) is 5.92 Å². The van der Waals surface area contributed by atoms with E-state index in [1.807, 2.05) is 18.2 Å². The monoisotopic (exact) mass is 347 g/mol. The van der Waals surface area contributed by atoms with Crippen LogP contribution in [0.2, 0.25) is 5.02 Å². The lowest BCUT2D eigenvalue weighted by atomic mass is 9.96. The van der Waals surface area contributed by atoms with E-state index in [9.17, 15) is 5.11 Å². The number of hydrogen-bond donors (Lipinski definition) is 2. The minimum absolute atomic E-state index is 0.129. The van der Waals surface area contributed by atoms with E-state index >= 15 is 0 Å². The second-order valence-corrected chi connectivity index (χ2v) is 6.26. The van der Waals surface area contributed by atoms with Crippen LogP contribution >= 0.6 is 27.5 Å². The molecule has 0 saturated carbocycles. The highest BCUT2D eigenvalue weighted by Gasteiger charge is 2.17. The van der Waals surface area contributed by atoms with E-state index in [1.54, 1.807) is 0 Å². The van der Waals surface area contributed by atoms with Gasteiger partial charge in [0.25, 0.3) is 0 Å². The maximum Gasteiger partial charge on any atom is 0.0692 e. The van der Waals surface area contributed by atoms with Gasteiger partial charge in [0.1, 0.15) is 0 Å². The van der Waals surface area contributed by atoms with Crippen LogP contribution in [0.3, 0.4) is 0 Å². The largest absolute Gasteiger partial charge is 0.392 e. The van der Waals surface area contributed by atoms with Crippen LogP contribution < -0.4 is 5.32 Å². The zero-order valence-corrected chi connectivity index (χ0v) is 14.1. The molecule has 0 aliphatic rings. The van der Waals surface area contributed by atoms with Crippen molar-refractivity contribution in [3.8, 4) is 0 Å². The van der Waals surface area contributed by atoms with Gasteiger partial charge in [0.05, 0.1) is 6.10 Å². The Bertz CT molecular complexity index is 396. The topological polar surface area (TPSA) is 32.3 Å². The second-order valence-electron chi connectivity index (χ2n) is 4.94. The van der Waals surface area contributed by atoms with Crippen LogP contribution in [0, 0.1) is 5.92 Å². The predicted octanol–water partition coefficient (Wildman–Crippen LogP) is 4.55. The molecule has 0 fully saturated rings. The zero-order chi connectivity index (χ0) is 14.4. The molecule has 1 aromatic carbocycles. The van der Waals surface area contributed by atoms with Crippen LogP contribution in [0.5, 0.6) is 0 Å². The highest BCUT2D eigenvalue weighted by atomic mass is 79.9. The van der Waals surface area contributed by atoms with E-state index in [0.717, 1.165) is 27.9 Å². The average molecular weight is 349 g/mol. The number of benzene rings is 1. The molecule has 0 radical (unpaired) electrons. The molecule has 0 bridgehead atoms. The van der Waals surface area contributed by atoms with Gasteiger partial charge >= 0.3 is 0 Å². The normalized spacial score (nSPS) is 14.7. The summed E-state index contributed by atoms with van der Waals surface area (Å²) in [6.07, 6.45) is 1.71. The third kappa shape index (κ3) is 5.07. The van der Waals surface area contributed by atoms with E-state index in [-0.39, 0.29) is 12.1 Å². The highest BCUT2D eigenvalue weighted by Crippen LogP contribution is 2.26.